The molecule has 6 nitrogen and oxygen atoms in total. The lowest BCUT2D eigenvalue weighted by molar-refractivity contribution is -0.127. The number of carbonyl (C=O) groups is 2. The topological polar surface area (TPSA) is 71.5 Å². The van der Waals surface area contributed by atoms with Gasteiger partial charge in [0.15, 0.2) is 0 Å². The molecular weight excluding hydrogens is 342 g/mol. The monoisotopic (exact) mass is 359 g/mol. The van der Waals surface area contributed by atoms with E-state index in [0.29, 0.717) is 16.7 Å². The van der Waals surface area contributed by atoms with Crippen LogP contribution in [0.3, 0.4) is 0 Å². The highest BCUT2D eigenvalue weighted by Gasteiger charge is 2.37. The van der Waals surface area contributed by atoms with Crippen LogP contribution in [0.15, 0.2) is 36.5 Å². The molecule has 1 aliphatic rings. The van der Waals surface area contributed by atoms with Crippen molar-refractivity contribution in [3.05, 3.63) is 52.7 Å². The third-order valence-electron chi connectivity index (χ3n) is 4.34. The van der Waals surface area contributed by atoms with Gasteiger partial charge in [-0.3, -0.25) is 10.1 Å². The van der Waals surface area contributed by atoms with Crippen molar-refractivity contribution >= 4 is 23.5 Å². The van der Waals surface area contributed by atoms with Crippen molar-refractivity contribution in [1.29, 1.82) is 0 Å². The number of imide groups is 1. The van der Waals surface area contributed by atoms with Gasteiger partial charge in [-0.05, 0) is 36.2 Å². The quantitative estimate of drug-likeness (QED) is 0.907. The molecule has 3 amide bonds. The van der Waals surface area contributed by atoms with E-state index in [1.165, 1.54) is 4.90 Å². The third-order valence-corrected chi connectivity index (χ3v) is 4.80. The molecule has 2 heterocycles. The van der Waals surface area contributed by atoms with Crippen molar-refractivity contribution in [1.82, 2.24) is 15.2 Å². The third kappa shape index (κ3) is 3.30. The number of halogens is 1. The Balaban J connectivity index is 1.83. The van der Waals surface area contributed by atoms with Gasteiger partial charge in [0.2, 0.25) is 11.8 Å². The van der Waals surface area contributed by atoms with Crippen molar-refractivity contribution in [2.75, 3.05) is 7.05 Å². The zero-order valence-corrected chi connectivity index (χ0v) is 14.9. The number of ether oxygens (including phenoxy) is 1. The summed E-state index contributed by atoms with van der Waals surface area (Å²) in [6.45, 7) is 3.67. The lowest BCUT2D eigenvalue weighted by atomic mass is 9.91. The molecule has 1 N–H and O–H groups in total. The summed E-state index contributed by atoms with van der Waals surface area (Å²) in [7, 11) is 1.67. The van der Waals surface area contributed by atoms with Gasteiger partial charge < -0.3 is 9.64 Å². The predicted octanol–water partition coefficient (Wildman–Crippen LogP) is 3.69. The summed E-state index contributed by atoms with van der Waals surface area (Å²) >= 11 is 6.19. The summed E-state index contributed by atoms with van der Waals surface area (Å²) in [5.74, 6) is 0.296. The van der Waals surface area contributed by atoms with Gasteiger partial charge in [-0.1, -0.05) is 30.7 Å². The van der Waals surface area contributed by atoms with Gasteiger partial charge in [-0.15, -0.1) is 0 Å². The summed E-state index contributed by atoms with van der Waals surface area (Å²) in [5, 5.41) is 2.80. The highest BCUT2D eigenvalue weighted by atomic mass is 35.5. The molecule has 1 aromatic carbocycles. The molecule has 0 spiro atoms. The molecule has 2 atom stereocenters. The molecular formula is C18H18ClN3O3. The van der Waals surface area contributed by atoms with Crippen LogP contribution in [0.25, 0.3) is 0 Å². The number of aryl methyl sites for hydroxylation is 1. The first kappa shape index (κ1) is 17.2. The summed E-state index contributed by atoms with van der Waals surface area (Å²) < 4.78 is 5.73. The number of nitrogens with one attached hydrogen (secondary N) is 1. The van der Waals surface area contributed by atoms with Crippen LogP contribution in [0.4, 0.5) is 4.79 Å². The fourth-order valence-electron chi connectivity index (χ4n) is 2.86. The van der Waals surface area contributed by atoms with E-state index in [-0.39, 0.29) is 17.9 Å². The maximum absolute atomic E-state index is 11.9. The van der Waals surface area contributed by atoms with E-state index >= 15 is 0 Å². The average Bonchev–Trinajstić information content (AvgIpc) is 2.59. The van der Waals surface area contributed by atoms with Crippen molar-refractivity contribution in [2.45, 2.75) is 19.9 Å². The molecule has 1 aliphatic heterocycles. The maximum Gasteiger partial charge on any atom is 0.324 e. The molecule has 130 valence electrons. The lowest BCUT2D eigenvalue weighted by Gasteiger charge is -2.36. The first-order valence-electron chi connectivity index (χ1n) is 7.85. The van der Waals surface area contributed by atoms with E-state index in [1.807, 2.05) is 19.1 Å². The summed E-state index contributed by atoms with van der Waals surface area (Å²) in [6, 6.07) is 8.30. The molecule has 0 aliphatic carbocycles. The number of amides is 3. The van der Waals surface area contributed by atoms with Gasteiger partial charge in [0.1, 0.15) is 10.8 Å². The smallest absolute Gasteiger partial charge is 0.324 e. The number of hydrogen-bond donors (Lipinski definition) is 1. The molecule has 3 rings (SSSR count). The molecule has 2 unspecified atom stereocenters. The van der Waals surface area contributed by atoms with Crippen LogP contribution in [0.1, 0.15) is 24.1 Å². The Morgan fingerprint density at radius 1 is 1.20 bits per heavy atom. The Bertz CT molecular complexity index is 803. The van der Waals surface area contributed by atoms with Gasteiger partial charge in [0.25, 0.3) is 0 Å². The van der Waals surface area contributed by atoms with E-state index in [4.69, 9.17) is 16.3 Å². The van der Waals surface area contributed by atoms with Crippen molar-refractivity contribution < 1.29 is 14.3 Å². The number of pyridine rings is 1. The molecule has 1 aromatic heterocycles. The largest absolute Gasteiger partial charge is 0.438 e. The molecule has 0 saturated carbocycles. The summed E-state index contributed by atoms with van der Waals surface area (Å²) in [4.78, 5) is 29.4. The fourth-order valence-corrected chi connectivity index (χ4v) is 3.01. The minimum absolute atomic E-state index is 0.274. The molecule has 25 heavy (non-hydrogen) atoms. The van der Waals surface area contributed by atoms with Crippen LogP contribution < -0.4 is 10.1 Å². The SMILES string of the molecule is Cc1ccnc(Oc2ccc(C3C(C)C(=O)NC(=O)N3C)cc2)c1Cl. The van der Waals surface area contributed by atoms with E-state index in [1.54, 1.807) is 38.4 Å². The molecule has 2 aromatic rings. The van der Waals surface area contributed by atoms with E-state index in [2.05, 4.69) is 10.3 Å². The van der Waals surface area contributed by atoms with Crippen molar-refractivity contribution in [3.63, 3.8) is 0 Å². The first-order valence-corrected chi connectivity index (χ1v) is 8.23. The minimum atomic E-state index is -0.399. The van der Waals surface area contributed by atoms with Gasteiger partial charge in [0.05, 0.1) is 12.0 Å². The highest BCUT2D eigenvalue weighted by Crippen LogP contribution is 2.33. The Labute approximate surface area is 150 Å². The molecule has 0 bridgehead atoms. The average molecular weight is 360 g/mol. The Morgan fingerprint density at radius 2 is 1.88 bits per heavy atom. The molecule has 1 fully saturated rings. The molecule has 1 saturated heterocycles. The van der Waals surface area contributed by atoms with Gasteiger partial charge in [0, 0.05) is 13.2 Å². The van der Waals surface area contributed by atoms with Crippen LogP contribution in [0.5, 0.6) is 11.6 Å². The minimum Gasteiger partial charge on any atom is -0.438 e. The van der Waals surface area contributed by atoms with E-state index in [9.17, 15) is 9.59 Å². The lowest BCUT2D eigenvalue weighted by Crippen LogP contribution is -2.53. The van der Waals surface area contributed by atoms with Crippen LogP contribution in [0, 0.1) is 12.8 Å². The van der Waals surface area contributed by atoms with Gasteiger partial charge >= 0.3 is 6.03 Å². The Kier molecular flexibility index (Phi) is 4.63. The van der Waals surface area contributed by atoms with Crippen LogP contribution >= 0.6 is 11.6 Å². The van der Waals surface area contributed by atoms with Crippen LogP contribution in [-0.4, -0.2) is 28.9 Å². The van der Waals surface area contributed by atoms with Crippen molar-refractivity contribution in [3.8, 4) is 11.6 Å². The summed E-state index contributed by atoms with van der Waals surface area (Å²) in [6.07, 6.45) is 1.63. The number of rotatable bonds is 3. The number of urea groups is 1. The van der Waals surface area contributed by atoms with E-state index < -0.39 is 6.03 Å². The number of carbonyl (C=O) groups excluding carboxylic acids is 2. The van der Waals surface area contributed by atoms with Gasteiger partial charge in [-0.2, -0.15) is 0 Å². The van der Waals surface area contributed by atoms with Crippen molar-refractivity contribution in [2.24, 2.45) is 5.92 Å². The molecule has 0 radical (unpaired) electrons. The Hall–Kier alpha value is -2.60. The number of hydrogen-bond acceptors (Lipinski definition) is 4. The number of nitrogens with zero attached hydrogens (tertiary/aromatic N) is 2. The molecule has 7 heteroatoms. The normalized spacial score (nSPS) is 20.4. The first-order chi connectivity index (χ1) is 11.9. The zero-order valence-electron chi connectivity index (χ0n) is 14.1. The fraction of sp³-hybridized carbons (Fsp3) is 0.278. The highest BCUT2D eigenvalue weighted by molar-refractivity contribution is 6.32. The second-order valence-electron chi connectivity index (χ2n) is 6.06. The standard InChI is InChI=1S/C18H18ClN3O3/c1-10-8-9-20-17(14(10)19)25-13-6-4-12(5-7-13)15-11(2)16(23)21-18(24)22(15)3/h4-9,11,15H,1-3H3,(H,21,23,24). The van der Waals surface area contributed by atoms with E-state index in [0.717, 1.165) is 11.1 Å². The van der Waals surface area contributed by atoms with Crippen LogP contribution in [0.2, 0.25) is 5.02 Å². The second-order valence-corrected chi connectivity index (χ2v) is 6.43. The maximum atomic E-state index is 11.9. The number of benzene rings is 1. The summed E-state index contributed by atoms with van der Waals surface area (Å²) in [5.41, 5.74) is 1.74. The number of aromatic nitrogens is 1. The Morgan fingerprint density at radius 3 is 2.56 bits per heavy atom. The second kappa shape index (κ2) is 6.72. The zero-order chi connectivity index (χ0) is 18.1. The van der Waals surface area contributed by atoms with Gasteiger partial charge in [-0.25, -0.2) is 9.78 Å². The van der Waals surface area contributed by atoms with Crippen LogP contribution in [-0.2, 0) is 4.79 Å². The predicted molar refractivity (Wildman–Crippen MR) is 93.7 cm³/mol.